The summed E-state index contributed by atoms with van der Waals surface area (Å²) in [6.07, 6.45) is 0.734. The van der Waals surface area contributed by atoms with E-state index in [-0.39, 0.29) is 29.1 Å². The first-order valence-electron chi connectivity index (χ1n) is 13.7. The van der Waals surface area contributed by atoms with E-state index in [2.05, 4.69) is 5.32 Å². The molecule has 41 heavy (non-hydrogen) atoms. The molecule has 3 aromatic carbocycles. The third-order valence-electron chi connectivity index (χ3n) is 7.19. The van der Waals surface area contributed by atoms with Crippen LogP contribution in [-0.4, -0.2) is 57.0 Å². The highest BCUT2D eigenvalue weighted by atomic mass is 32.2. The molecule has 0 unspecified atom stereocenters. The Morgan fingerprint density at radius 3 is 2.27 bits per heavy atom. The third kappa shape index (κ3) is 7.00. The topological polar surface area (TPSA) is 105 Å². The summed E-state index contributed by atoms with van der Waals surface area (Å²) in [6.45, 7) is 7.79. The van der Waals surface area contributed by atoms with Crippen molar-refractivity contribution >= 4 is 27.5 Å². The first-order chi connectivity index (χ1) is 19.6. The van der Waals surface area contributed by atoms with Crippen molar-refractivity contribution in [1.82, 2.24) is 10.2 Å². The van der Waals surface area contributed by atoms with Crippen LogP contribution in [0.3, 0.4) is 0 Å². The number of benzene rings is 3. The zero-order chi connectivity index (χ0) is 29.6. The molecule has 3 aromatic rings. The molecule has 0 radical (unpaired) electrons. The van der Waals surface area contributed by atoms with Crippen molar-refractivity contribution in [3.05, 3.63) is 83.9 Å². The van der Waals surface area contributed by atoms with E-state index in [1.54, 1.807) is 43.3 Å². The molecule has 218 valence electrons. The van der Waals surface area contributed by atoms with Gasteiger partial charge in [-0.2, -0.15) is 0 Å². The molecular formula is C31H37N3O6S. The van der Waals surface area contributed by atoms with Gasteiger partial charge in [-0.1, -0.05) is 49.4 Å². The van der Waals surface area contributed by atoms with Crippen molar-refractivity contribution in [2.45, 2.75) is 57.6 Å². The van der Waals surface area contributed by atoms with Crippen LogP contribution in [0.4, 0.5) is 5.69 Å². The summed E-state index contributed by atoms with van der Waals surface area (Å²) in [4.78, 5) is 28.8. The number of fused-ring (bicyclic) bond motifs is 1. The Hall–Kier alpha value is -4.05. The highest BCUT2D eigenvalue weighted by molar-refractivity contribution is 7.92. The van der Waals surface area contributed by atoms with Crippen molar-refractivity contribution < 1.29 is 27.5 Å². The van der Waals surface area contributed by atoms with Gasteiger partial charge in [-0.15, -0.1) is 0 Å². The number of sulfonamides is 1. The minimum atomic E-state index is -4.17. The molecule has 0 fully saturated rings. The van der Waals surface area contributed by atoms with E-state index in [1.165, 1.54) is 17.0 Å². The lowest BCUT2D eigenvalue weighted by Gasteiger charge is -2.33. The molecule has 10 heteroatoms. The van der Waals surface area contributed by atoms with E-state index in [0.717, 1.165) is 21.9 Å². The summed E-state index contributed by atoms with van der Waals surface area (Å²) in [7, 11) is -4.17. The van der Waals surface area contributed by atoms with E-state index in [9.17, 15) is 18.0 Å². The Bertz CT molecular complexity index is 1480. The number of amides is 2. The van der Waals surface area contributed by atoms with Crippen molar-refractivity contribution in [3.63, 3.8) is 0 Å². The Balaban J connectivity index is 1.73. The van der Waals surface area contributed by atoms with Gasteiger partial charge in [0.1, 0.15) is 25.8 Å². The van der Waals surface area contributed by atoms with Crippen LogP contribution >= 0.6 is 0 Å². The van der Waals surface area contributed by atoms with Crippen molar-refractivity contribution in [2.75, 3.05) is 24.1 Å². The number of hydrogen-bond acceptors (Lipinski definition) is 6. The molecule has 0 bridgehead atoms. The second kappa shape index (κ2) is 13.1. The van der Waals surface area contributed by atoms with Gasteiger partial charge < -0.3 is 19.7 Å². The first kappa shape index (κ1) is 29.9. The summed E-state index contributed by atoms with van der Waals surface area (Å²) in [6, 6.07) is 19.4. The Morgan fingerprint density at radius 1 is 0.927 bits per heavy atom. The fraction of sp³-hybridized carbons (Fsp3) is 0.355. The molecule has 0 spiro atoms. The van der Waals surface area contributed by atoms with Gasteiger partial charge in [-0.05, 0) is 62.6 Å². The van der Waals surface area contributed by atoms with Gasteiger partial charge in [-0.3, -0.25) is 13.9 Å². The molecular weight excluding hydrogens is 542 g/mol. The maximum Gasteiger partial charge on any atom is 0.264 e. The molecule has 0 aliphatic carbocycles. The molecule has 0 saturated carbocycles. The van der Waals surface area contributed by atoms with Crippen LogP contribution in [0.5, 0.6) is 11.5 Å². The van der Waals surface area contributed by atoms with E-state index in [1.807, 2.05) is 45.0 Å². The number of ether oxygens (including phenoxy) is 2. The van der Waals surface area contributed by atoms with Gasteiger partial charge in [0.2, 0.25) is 11.8 Å². The highest BCUT2D eigenvalue weighted by Crippen LogP contribution is 2.36. The number of carbonyl (C=O) groups is 2. The maximum absolute atomic E-state index is 14.1. The Labute approximate surface area is 242 Å². The minimum Gasteiger partial charge on any atom is -0.486 e. The first-order valence-corrected chi connectivity index (χ1v) is 15.2. The van der Waals surface area contributed by atoms with Gasteiger partial charge in [0, 0.05) is 18.7 Å². The summed E-state index contributed by atoms with van der Waals surface area (Å²) >= 11 is 0. The van der Waals surface area contributed by atoms with Crippen LogP contribution in [0.25, 0.3) is 0 Å². The Morgan fingerprint density at radius 2 is 1.59 bits per heavy atom. The number of hydrogen-bond donors (Lipinski definition) is 1. The van der Waals surface area contributed by atoms with E-state index >= 15 is 0 Å². The van der Waals surface area contributed by atoms with Crippen molar-refractivity contribution in [1.29, 1.82) is 0 Å². The average Bonchev–Trinajstić information content (AvgIpc) is 2.99. The van der Waals surface area contributed by atoms with E-state index in [4.69, 9.17) is 9.47 Å². The number of anilines is 1. The molecule has 2 amide bonds. The lowest BCUT2D eigenvalue weighted by molar-refractivity contribution is -0.139. The number of carbonyl (C=O) groups excluding carboxylic acids is 2. The quantitative estimate of drug-likeness (QED) is 0.363. The van der Waals surface area contributed by atoms with Gasteiger partial charge in [0.25, 0.3) is 10.0 Å². The van der Waals surface area contributed by atoms with Gasteiger partial charge >= 0.3 is 0 Å². The molecule has 0 aromatic heterocycles. The normalized spacial score (nSPS) is 14.0. The van der Waals surface area contributed by atoms with Crippen LogP contribution in [-0.2, 0) is 26.2 Å². The fourth-order valence-electron chi connectivity index (χ4n) is 4.45. The predicted octanol–water partition coefficient (Wildman–Crippen LogP) is 4.29. The fourth-order valence-corrected chi connectivity index (χ4v) is 5.88. The number of nitrogens with zero attached hydrogens (tertiary/aromatic N) is 2. The molecule has 9 nitrogen and oxygen atoms in total. The number of aryl methyl sites for hydroxylation is 1. The van der Waals surface area contributed by atoms with Crippen LogP contribution in [0.15, 0.2) is 77.7 Å². The second-order valence-corrected chi connectivity index (χ2v) is 12.0. The molecule has 1 aliphatic rings. The second-order valence-electron chi connectivity index (χ2n) is 10.1. The third-order valence-corrected chi connectivity index (χ3v) is 8.98. The zero-order valence-corrected chi connectivity index (χ0v) is 24.7. The molecule has 1 aliphatic heterocycles. The standard InChI is InChI=1S/C31H37N3O6S/c1-5-23(3)32-31(36)24(4)33(20-25-12-10-9-11-22(25)2)30(35)21-34(41(37,38)27-13-7-6-8-14-27)26-15-16-28-29(19-26)40-18-17-39-28/h6-16,19,23-24H,5,17-18,20-21H2,1-4H3,(H,32,36)/t23-,24+/m1/s1. The van der Waals surface area contributed by atoms with Crippen LogP contribution in [0, 0.1) is 6.92 Å². The van der Waals surface area contributed by atoms with Crippen LogP contribution in [0.2, 0.25) is 0 Å². The highest BCUT2D eigenvalue weighted by Gasteiger charge is 2.33. The van der Waals surface area contributed by atoms with Crippen LogP contribution in [0.1, 0.15) is 38.3 Å². The monoisotopic (exact) mass is 579 g/mol. The van der Waals surface area contributed by atoms with Crippen LogP contribution < -0.4 is 19.1 Å². The Kier molecular flexibility index (Phi) is 9.54. The van der Waals surface area contributed by atoms with Gasteiger partial charge in [-0.25, -0.2) is 8.42 Å². The van der Waals surface area contributed by atoms with E-state index in [0.29, 0.717) is 24.7 Å². The number of rotatable bonds is 11. The lowest BCUT2D eigenvalue weighted by Crippen LogP contribution is -2.52. The van der Waals surface area contributed by atoms with Crippen molar-refractivity contribution in [3.8, 4) is 11.5 Å². The minimum absolute atomic E-state index is 0.0377. The lowest BCUT2D eigenvalue weighted by atomic mass is 10.1. The van der Waals surface area contributed by atoms with Gasteiger partial charge in [0.05, 0.1) is 10.6 Å². The molecule has 4 rings (SSSR count). The smallest absolute Gasteiger partial charge is 0.264 e. The summed E-state index contributed by atoms with van der Waals surface area (Å²) in [5.74, 6) is 0.0694. The molecule has 1 N–H and O–H groups in total. The molecule has 1 heterocycles. The number of nitrogens with one attached hydrogen (secondary N) is 1. The van der Waals surface area contributed by atoms with Crippen molar-refractivity contribution in [2.24, 2.45) is 0 Å². The maximum atomic E-state index is 14.1. The summed E-state index contributed by atoms with van der Waals surface area (Å²) in [5.41, 5.74) is 2.07. The predicted molar refractivity (Wildman–Crippen MR) is 157 cm³/mol. The molecule has 0 saturated heterocycles. The SMILES string of the molecule is CC[C@@H](C)NC(=O)[C@H](C)N(Cc1ccccc1C)C(=O)CN(c1ccc2c(c1)OCCO2)S(=O)(=O)c1ccccc1. The largest absolute Gasteiger partial charge is 0.486 e. The van der Waals surface area contributed by atoms with E-state index < -0.39 is 28.5 Å². The van der Waals surface area contributed by atoms with Gasteiger partial charge in [0.15, 0.2) is 11.5 Å². The summed E-state index contributed by atoms with van der Waals surface area (Å²) < 4.78 is 40.3. The summed E-state index contributed by atoms with van der Waals surface area (Å²) in [5, 5.41) is 2.95. The average molecular weight is 580 g/mol. The zero-order valence-electron chi connectivity index (χ0n) is 23.9. The molecule has 2 atom stereocenters.